The first-order valence-corrected chi connectivity index (χ1v) is 8.18. The molecule has 0 aromatic carbocycles. The highest BCUT2D eigenvalue weighted by Crippen LogP contribution is 2.37. The second-order valence-corrected chi connectivity index (χ2v) is 7.04. The van der Waals surface area contributed by atoms with Crippen molar-refractivity contribution in [3.8, 4) is 0 Å². The van der Waals surface area contributed by atoms with E-state index in [-0.39, 0.29) is 12.5 Å². The minimum Gasteiger partial charge on any atom is -0.394 e. The molecule has 2 aliphatic rings. The quantitative estimate of drug-likeness (QED) is 0.322. The van der Waals surface area contributed by atoms with Gasteiger partial charge in [-0.25, -0.2) is 0 Å². The highest BCUT2D eigenvalue weighted by atomic mass is 16.7. The Labute approximate surface area is 141 Å². The second-order valence-electron chi connectivity index (χ2n) is 7.04. The molecule has 140 valence electrons. The molecule has 0 amide bonds. The van der Waals surface area contributed by atoms with E-state index in [0.29, 0.717) is 12.8 Å². The zero-order valence-electron chi connectivity index (χ0n) is 13.9. The number of ether oxygens (including phenoxy) is 2. The number of hydrogen-bond donors (Lipinski definition) is 6. The van der Waals surface area contributed by atoms with Gasteiger partial charge in [0.05, 0.1) is 24.9 Å². The largest absolute Gasteiger partial charge is 0.394 e. The first-order chi connectivity index (χ1) is 11.2. The lowest BCUT2D eigenvalue weighted by Gasteiger charge is -2.46. The third-order valence-electron chi connectivity index (χ3n) is 4.96. The molecular weight excluding hydrogens is 320 g/mol. The van der Waals surface area contributed by atoms with Crippen molar-refractivity contribution in [2.24, 2.45) is 5.92 Å². The van der Waals surface area contributed by atoms with Gasteiger partial charge in [-0.2, -0.15) is 0 Å². The molecule has 0 saturated carbocycles. The summed E-state index contributed by atoms with van der Waals surface area (Å²) in [7, 11) is 0. The fraction of sp³-hybridized carbons (Fsp3) is 0.875. The maximum absolute atomic E-state index is 10.3. The van der Waals surface area contributed by atoms with Gasteiger partial charge in [0.15, 0.2) is 6.29 Å². The van der Waals surface area contributed by atoms with Crippen LogP contribution in [0.3, 0.4) is 0 Å². The highest BCUT2D eigenvalue weighted by Gasteiger charge is 2.47. The maximum atomic E-state index is 10.3. The van der Waals surface area contributed by atoms with Crippen LogP contribution in [0.2, 0.25) is 0 Å². The van der Waals surface area contributed by atoms with E-state index in [1.54, 1.807) is 19.9 Å². The average Bonchev–Trinajstić information content (AvgIpc) is 2.54. The van der Waals surface area contributed by atoms with E-state index in [2.05, 4.69) is 0 Å². The summed E-state index contributed by atoms with van der Waals surface area (Å²) in [5.74, 6) is -0.305. The van der Waals surface area contributed by atoms with E-state index in [0.717, 1.165) is 5.57 Å². The minimum atomic E-state index is -1.51. The van der Waals surface area contributed by atoms with Gasteiger partial charge in [0.1, 0.15) is 24.4 Å². The summed E-state index contributed by atoms with van der Waals surface area (Å²) in [6.45, 7) is 2.85. The predicted molar refractivity (Wildman–Crippen MR) is 82.8 cm³/mol. The molecule has 0 radical (unpaired) electrons. The summed E-state index contributed by atoms with van der Waals surface area (Å²) >= 11 is 0. The van der Waals surface area contributed by atoms with Gasteiger partial charge in [0, 0.05) is 5.92 Å². The van der Waals surface area contributed by atoms with E-state index >= 15 is 0 Å². The lowest BCUT2D eigenvalue weighted by molar-refractivity contribution is -0.330. The van der Waals surface area contributed by atoms with Gasteiger partial charge < -0.3 is 40.1 Å². The van der Waals surface area contributed by atoms with Gasteiger partial charge in [0.25, 0.3) is 0 Å². The van der Waals surface area contributed by atoms with Crippen LogP contribution in [0, 0.1) is 5.92 Å². The zero-order chi connectivity index (χ0) is 18.1. The van der Waals surface area contributed by atoms with E-state index < -0.39 is 49.0 Å². The topological polar surface area (TPSA) is 140 Å². The Morgan fingerprint density at radius 1 is 1.12 bits per heavy atom. The van der Waals surface area contributed by atoms with Crippen molar-refractivity contribution in [1.82, 2.24) is 0 Å². The van der Waals surface area contributed by atoms with Gasteiger partial charge in [0.2, 0.25) is 0 Å². The Morgan fingerprint density at radius 3 is 2.33 bits per heavy atom. The molecule has 1 fully saturated rings. The van der Waals surface area contributed by atoms with E-state index in [1.807, 2.05) is 0 Å². The van der Waals surface area contributed by atoms with E-state index in [1.165, 1.54) is 0 Å². The minimum absolute atomic E-state index is 0.0994. The van der Waals surface area contributed by atoms with Crippen LogP contribution in [-0.4, -0.2) is 86.3 Å². The smallest absolute Gasteiger partial charge is 0.187 e. The Kier molecular flexibility index (Phi) is 6.38. The van der Waals surface area contributed by atoms with Crippen molar-refractivity contribution in [2.45, 2.75) is 69.1 Å². The molecule has 0 spiro atoms. The van der Waals surface area contributed by atoms with Crippen LogP contribution in [0.15, 0.2) is 11.6 Å². The molecule has 24 heavy (non-hydrogen) atoms. The lowest BCUT2D eigenvalue weighted by atomic mass is 9.77. The molecule has 1 aliphatic carbocycles. The van der Waals surface area contributed by atoms with Crippen molar-refractivity contribution in [2.75, 3.05) is 13.2 Å². The molecule has 8 nitrogen and oxygen atoms in total. The molecule has 1 saturated heterocycles. The summed E-state index contributed by atoms with van der Waals surface area (Å²) in [6.07, 6.45) is -4.72. The van der Waals surface area contributed by atoms with Crippen molar-refractivity contribution >= 4 is 0 Å². The van der Waals surface area contributed by atoms with Crippen LogP contribution in [0.5, 0.6) is 0 Å². The molecule has 0 aromatic rings. The van der Waals surface area contributed by atoms with Crippen LogP contribution >= 0.6 is 0 Å². The SMILES string of the molecule is CC(C)(OC1OC(CO)C(O)C(O)C1O)C1CCC(CO)=CC1O. The molecule has 0 aromatic heterocycles. The predicted octanol–water partition coefficient (Wildman–Crippen LogP) is -1.73. The van der Waals surface area contributed by atoms with Gasteiger partial charge in [-0.3, -0.25) is 0 Å². The molecular formula is C16H28O8. The van der Waals surface area contributed by atoms with Crippen molar-refractivity contribution in [3.05, 3.63) is 11.6 Å². The molecule has 7 atom stereocenters. The summed E-state index contributed by atoms with van der Waals surface area (Å²) in [6, 6.07) is 0. The maximum Gasteiger partial charge on any atom is 0.187 e. The lowest BCUT2D eigenvalue weighted by Crippen LogP contribution is -2.61. The third-order valence-corrected chi connectivity index (χ3v) is 4.96. The number of aliphatic hydroxyl groups is 6. The molecule has 2 rings (SSSR count). The molecule has 1 heterocycles. The van der Waals surface area contributed by atoms with Crippen LogP contribution in [0.25, 0.3) is 0 Å². The first-order valence-electron chi connectivity index (χ1n) is 8.18. The normalized spacial score (nSPS) is 41.2. The standard InChI is InChI=1S/C16H28O8/c1-16(2,9-4-3-8(6-17)5-10(9)19)24-15-14(22)13(21)12(20)11(7-18)23-15/h5,9-15,17-22H,3-4,6-7H2,1-2H3. The zero-order valence-corrected chi connectivity index (χ0v) is 13.9. The van der Waals surface area contributed by atoms with Crippen molar-refractivity contribution in [3.63, 3.8) is 0 Å². The third kappa shape index (κ3) is 3.97. The van der Waals surface area contributed by atoms with Gasteiger partial charge in [-0.15, -0.1) is 0 Å². The number of aliphatic hydroxyl groups excluding tert-OH is 6. The van der Waals surface area contributed by atoms with E-state index in [9.17, 15) is 25.5 Å². The average molecular weight is 348 g/mol. The molecule has 1 aliphatic heterocycles. The fourth-order valence-electron chi connectivity index (χ4n) is 3.39. The highest BCUT2D eigenvalue weighted by molar-refractivity contribution is 5.13. The molecule has 0 bridgehead atoms. The molecule has 8 heteroatoms. The van der Waals surface area contributed by atoms with Gasteiger partial charge in [-0.05, 0) is 32.3 Å². The molecule has 7 unspecified atom stereocenters. The summed E-state index contributed by atoms with van der Waals surface area (Å²) in [5.41, 5.74) is -0.146. The van der Waals surface area contributed by atoms with Crippen molar-refractivity contribution in [1.29, 1.82) is 0 Å². The van der Waals surface area contributed by atoms with E-state index in [4.69, 9.17) is 14.6 Å². The Morgan fingerprint density at radius 2 is 1.79 bits per heavy atom. The van der Waals surface area contributed by atoms with Crippen LogP contribution in [0.1, 0.15) is 26.7 Å². The van der Waals surface area contributed by atoms with Gasteiger partial charge in [-0.1, -0.05) is 6.08 Å². The monoisotopic (exact) mass is 348 g/mol. The second kappa shape index (κ2) is 7.76. The summed E-state index contributed by atoms with van der Waals surface area (Å²) < 4.78 is 11.2. The summed E-state index contributed by atoms with van der Waals surface area (Å²) in [5, 5.41) is 58.4. The Balaban J connectivity index is 2.09. The van der Waals surface area contributed by atoms with Crippen molar-refractivity contribution < 1.29 is 40.1 Å². The summed E-state index contributed by atoms with van der Waals surface area (Å²) in [4.78, 5) is 0. The number of rotatable bonds is 5. The fourth-order valence-corrected chi connectivity index (χ4v) is 3.39. The van der Waals surface area contributed by atoms with Crippen LogP contribution < -0.4 is 0 Å². The Bertz CT molecular complexity index is 449. The van der Waals surface area contributed by atoms with Crippen LogP contribution in [-0.2, 0) is 9.47 Å². The first kappa shape index (κ1) is 19.7. The number of hydrogen-bond acceptors (Lipinski definition) is 8. The Hall–Kier alpha value is -0.580. The van der Waals surface area contributed by atoms with Gasteiger partial charge >= 0.3 is 0 Å². The van der Waals surface area contributed by atoms with Crippen LogP contribution in [0.4, 0.5) is 0 Å². The molecule has 6 N–H and O–H groups in total.